The Labute approximate surface area is 164 Å². The van der Waals surface area contributed by atoms with E-state index in [4.69, 9.17) is 9.47 Å². The molecule has 2 aromatic carbocycles. The van der Waals surface area contributed by atoms with Crippen molar-refractivity contribution < 1.29 is 19.1 Å². The van der Waals surface area contributed by atoms with Crippen LogP contribution >= 0.6 is 0 Å². The zero-order valence-electron chi connectivity index (χ0n) is 16.2. The van der Waals surface area contributed by atoms with E-state index >= 15 is 0 Å². The number of nitrogens with one attached hydrogen (secondary N) is 2. The number of Topliss-reactive ketones (excluding diaryl/α,β-unsaturated/α-hetero) is 1. The summed E-state index contributed by atoms with van der Waals surface area (Å²) in [6.45, 7) is 6.00. The molecule has 6 heteroatoms. The van der Waals surface area contributed by atoms with E-state index in [-0.39, 0.29) is 11.8 Å². The van der Waals surface area contributed by atoms with Crippen LogP contribution in [0.2, 0.25) is 0 Å². The molecule has 0 saturated carbocycles. The van der Waals surface area contributed by atoms with Crippen LogP contribution in [0.4, 0.5) is 4.79 Å². The van der Waals surface area contributed by atoms with E-state index in [0.717, 1.165) is 11.1 Å². The topological polar surface area (TPSA) is 76.7 Å². The number of allylic oxidation sites excluding steroid dienone is 1. The monoisotopic (exact) mass is 380 g/mol. The van der Waals surface area contributed by atoms with Crippen molar-refractivity contribution in [1.82, 2.24) is 10.6 Å². The Kier molecular flexibility index (Phi) is 5.99. The van der Waals surface area contributed by atoms with Gasteiger partial charge in [-0.3, -0.25) is 4.79 Å². The summed E-state index contributed by atoms with van der Waals surface area (Å²) in [6.07, 6.45) is 0. The van der Waals surface area contributed by atoms with Gasteiger partial charge in [-0.25, -0.2) is 4.79 Å². The maximum atomic E-state index is 12.1. The van der Waals surface area contributed by atoms with Crippen LogP contribution in [0, 0.1) is 0 Å². The van der Waals surface area contributed by atoms with E-state index in [1.165, 1.54) is 6.92 Å². The van der Waals surface area contributed by atoms with E-state index in [0.29, 0.717) is 36.0 Å². The third-order valence-corrected chi connectivity index (χ3v) is 4.49. The Balaban J connectivity index is 1.90. The van der Waals surface area contributed by atoms with Crippen LogP contribution in [0.15, 0.2) is 59.8 Å². The zero-order chi connectivity index (χ0) is 20.1. The Morgan fingerprint density at radius 2 is 1.82 bits per heavy atom. The number of hydrogen-bond donors (Lipinski definition) is 2. The van der Waals surface area contributed by atoms with E-state index < -0.39 is 6.04 Å². The van der Waals surface area contributed by atoms with Gasteiger partial charge in [-0.15, -0.1) is 0 Å². The van der Waals surface area contributed by atoms with Crippen molar-refractivity contribution >= 4 is 11.8 Å². The Morgan fingerprint density at radius 1 is 1.07 bits per heavy atom. The quantitative estimate of drug-likeness (QED) is 0.764. The highest BCUT2D eigenvalue weighted by Gasteiger charge is 2.29. The molecule has 28 heavy (non-hydrogen) atoms. The van der Waals surface area contributed by atoms with Crippen molar-refractivity contribution in [3.05, 3.63) is 70.9 Å². The second kappa shape index (κ2) is 8.61. The summed E-state index contributed by atoms with van der Waals surface area (Å²) in [5.74, 6) is 1.08. The number of ketones is 1. The minimum Gasteiger partial charge on any atom is -0.490 e. The van der Waals surface area contributed by atoms with Gasteiger partial charge in [-0.2, -0.15) is 0 Å². The molecule has 6 nitrogen and oxygen atoms in total. The molecule has 0 radical (unpaired) electrons. The van der Waals surface area contributed by atoms with Crippen LogP contribution in [0.25, 0.3) is 0 Å². The largest absolute Gasteiger partial charge is 0.490 e. The van der Waals surface area contributed by atoms with E-state index in [1.807, 2.05) is 55.5 Å². The number of carbonyl (C=O) groups is 2. The summed E-state index contributed by atoms with van der Waals surface area (Å²) >= 11 is 0. The highest BCUT2D eigenvalue weighted by atomic mass is 16.5. The molecule has 2 amide bonds. The maximum Gasteiger partial charge on any atom is 0.319 e. The predicted molar refractivity (Wildman–Crippen MR) is 106 cm³/mol. The van der Waals surface area contributed by atoms with Crippen molar-refractivity contribution in [3.63, 3.8) is 0 Å². The number of rotatable bonds is 7. The van der Waals surface area contributed by atoms with Crippen LogP contribution in [-0.4, -0.2) is 18.4 Å². The fraction of sp³-hybridized carbons (Fsp3) is 0.273. The number of urea groups is 1. The highest BCUT2D eigenvalue weighted by Crippen LogP contribution is 2.35. The number of carbonyl (C=O) groups excluding carboxylic acids is 2. The molecule has 0 spiro atoms. The number of amides is 2. The second-order valence-electron chi connectivity index (χ2n) is 6.54. The van der Waals surface area contributed by atoms with Gasteiger partial charge in [-0.1, -0.05) is 36.4 Å². The van der Waals surface area contributed by atoms with Crippen LogP contribution in [0.5, 0.6) is 11.5 Å². The molecule has 0 fully saturated rings. The summed E-state index contributed by atoms with van der Waals surface area (Å²) in [4.78, 5) is 24.1. The third-order valence-electron chi connectivity index (χ3n) is 4.49. The molecule has 146 valence electrons. The molecule has 2 aromatic rings. The van der Waals surface area contributed by atoms with Gasteiger partial charge in [0.05, 0.1) is 12.6 Å². The van der Waals surface area contributed by atoms with E-state index in [1.54, 1.807) is 6.92 Å². The molecule has 1 atom stereocenters. The van der Waals surface area contributed by atoms with Gasteiger partial charge in [-0.05, 0) is 44.0 Å². The first kappa shape index (κ1) is 19.5. The normalized spacial score (nSPS) is 16.2. The fourth-order valence-corrected chi connectivity index (χ4v) is 3.24. The lowest BCUT2D eigenvalue weighted by molar-refractivity contribution is -0.114. The molecular formula is C22H24N2O4. The summed E-state index contributed by atoms with van der Waals surface area (Å²) in [6, 6.07) is 14.5. The van der Waals surface area contributed by atoms with Crippen molar-refractivity contribution in [2.75, 3.05) is 6.61 Å². The molecule has 0 bridgehead atoms. The summed E-state index contributed by atoms with van der Waals surface area (Å²) in [5.41, 5.74) is 2.90. The molecule has 0 saturated heterocycles. The first-order chi connectivity index (χ1) is 13.5. The molecule has 3 rings (SSSR count). The molecular weight excluding hydrogens is 356 g/mol. The predicted octanol–water partition coefficient (Wildman–Crippen LogP) is 3.88. The lowest BCUT2D eigenvalue weighted by atomic mass is 9.93. The Hall–Kier alpha value is -3.28. The van der Waals surface area contributed by atoms with E-state index in [9.17, 15) is 9.59 Å². The lowest BCUT2D eigenvalue weighted by Crippen LogP contribution is -2.44. The molecule has 0 unspecified atom stereocenters. The Bertz CT molecular complexity index is 906. The highest BCUT2D eigenvalue weighted by molar-refractivity contribution is 5.98. The zero-order valence-corrected chi connectivity index (χ0v) is 16.2. The first-order valence-corrected chi connectivity index (χ1v) is 9.22. The summed E-state index contributed by atoms with van der Waals surface area (Å²) in [7, 11) is 0. The maximum absolute atomic E-state index is 12.1. The molecule has 2 N–H and O–H groups in total. The van der Waals surface area contributed by atoms with Gasteiger partial charge in [0, 0.05) is 11.3 Å². The minimum absolute atomic E-state index is 0.0997. The first-order valence-electron chi connectivity index (χ1n) is 9.22. The van der Waals surface area contributed by atoms with Crippen LogP contribution in [0.1, 0.15) is 37.9 Å². The third kappa shape index (κ3) is 4.34. The van der Waals surface area contributed by atoms with Crippen molar-refractivity contribution in [1.29, 1.82) is 0 Å². The second-order valence-corrected chi connectivity index (χ2v) is 6.54. The number of benzene rings is 2. The Morgan fingerprint density at radius 3 is 2.50 bits per heavy atom. The van der Waals surface area contributed by atoms with Crippen LogP contribution in [0.3, 0.4) is 0 Å². The lowest BCUT2D eigenvalue weighted by Gasteiger charge is -2.28. The molecule has 1 heterocycles. The van der Waals surface area contributed by atoms with Gasteiger partial charge in [0.1, 0.15) is 6.61 Å². The van der Waals surface area contributed by atoms with Gasteiger partial charge in [0.15, 0.2) is 17.3 Å². The van der Waals surface area contributed by atoms with Crippen LogP contribution < -0.4 is 20.1 Å². The average Bonchev–Trinajstić information content (AvgIpc) is 2.67. The number of hydrogen-bond acceptors (Lipinski definition) is 4. The average molecular weight is 380 g/mol. The van der Waals surface area contributed by atoms with Gasteiger partial charge in [0.25, 0.3) is 0 Å². The fourth-order valence-electron chi connectivity index (χ4n) is 3.24. The van der Waals surface area contributed by atoms with Crippen molar-refractivity contribution in [3.8, 4) is 11.5 Å². The molecule has 0 aromatic heterocycles. The van der Waals surface area contributed by atoms with E-state index in [2.05, 4.69) is 10.6 Å². The summed E-state index contributed by atoms with van der Waals surface area (Å²) in [5, 5.41) is 5.47. The molecule has 1 aliphatic heterocycles. The molecule has 0 aliphatic carbocycles. The van der Waals surface area contributed by atoms with Crippen molar-refractivity contribution in [2.24, 2.45) is 0 Å². The van der Waals surface area contributed by atoms with Gasteiger partial charge in [0.2, 0.25) is 0 Å². The van der Waals surface area contributed by atoms with Crippen molar-refractivity contribution in [2.45, 2.75) is 33.4 Å². The van der Waals surface area contributed by atoms with Crippen LogP contribution in [-0.2, 0) is 11.4 Å². The van der Waals surface area contributed by atoms with Gasteiger partial charge < -0.3 is 20.1 Å². The summed E-state index contributed by atoms with van der Waals surface area (Å²) < 4.78 is 11.7. The number of ether oxygens (including phenoxy) is 2. The molecule has 1 aliphatic rings. The SMILES string of the molecule is CCOc1cc([C@@H]2NC(=O)NC(C)=C2C(C)=O)ccc1OCc1ccccc1. The standard InChI is InChI=1S/C22H24N2O4/c1-4-27-19-12-17(21-20(15(3)25)14(2)23-22(26)24-21)10-11-18(19)28-13-16-8-6-5-7-9-16/h5-12,21H,4,13H2,1-3H3,(H2,23,24,26)/t21-/m0/s1. The van der Waals surface area contributed by atoms with Gasteiger partial charge >= 0.3 is 6.03 Å². The smallest absolute Gasteiger partial charge is 0.319 e. The minimum atomic E-state index is -0.534.